The molecular formula is C22H20ClNO4. The van der Waals surface area contributed by atoms with Crippen LogP contribution in [-0.2, 0) is 14.3 Å². The van der Waals surface area contributed by atoms with E-state index in [9.17, 15) is 9.59 Å². The van der Waals surface area contributed by atoms with E-state index in [1.807, 2.05) is 6.07 Å². The molecule has 0 aliphatic carbocycles. The number of carbonyl (C=O) groups is 2. The molecule has 6 heteroatoms. The lowest BCUT2D eigenvalue weighted by Crippen LogP contribution is -2.24. The van der Waals surface area contributed by atoms with Crippen LogP contribution in [0.2, 0.25) is 5.02 Å². The number of allylic oxidation sites excluding steroid dienone is 1. The average Bonchev–Trinajstić information content (AvgIpc) is 2.94. The van der Waals surface area contributed by atoms with E-state index in [1.165, 1.54) is 4.90 Å². The highest BCUT2D eigenvalue weighted by Crippen LogP contribution is 2.36. The summed E-state index contributed by atoms with van der Waals surface area (Å²) in [6.45, 7) is 3.66. The molecule has 0 aromatic heterocycles. The number of esters is 1. The topological polar surface area (TPSA) is 55.8 Å². The smallest absolute Gasteiger partial charge is 0.340 e. The van der Waals surface area contributed by atoms with Crippen molar-refractivity contribution in [2.45, 2.75) is 13.8 Å². The van der Waals surface area contributed by atoms with E-state index in [2.05, 4.69) is 0 Å². The van der Waals surface area contributed by atoms with Gasteiger partial charge >= 0.3 is 5.97 Å². The lowest BCUT2D eigenvalue weighted by molar-refractivity contribution is -0.138. The van der Waals surface area contributed by atoms with Crippen molar-refractivity contribution in [1.82, 2.24) is 0 Å². The number of benzene rings is 2. The van der Waals surface area contributed by atoms with Gasteiger partial charge in [-0.05, 0) is 55.8 Å². The maximum absolute atomic E-state index is 13.2. The minimum absolute atomic E-state index is 0.214. The highest BCUT2D eigenvalue weighted by Gasteiger charge is 2.38. The Bertz CT molecular complexity index is 976. The van der Waals surface area contributed by atoms with Gasteiger partial charge in [-0.2, -0.15) is 0 Å². The fourth-order valence-corrected chi connectivity index (χ4v) is 3.26. The number of ether oxygens (including phenoxy) is 2. The molecule has 2 aromatic carbocycles. The van der Waals surface area contributed by atoms with E-state index < -0.39 is 5.97 Å². The zero-order chi connectivity index (χ0) is 20.3. The van der Waals surface area contributed by atoms with Crippen LogP contribution in [0.25, 0.3) is 6.08 Å². The van der Waals surface area contributed by atoms with Crippen LogP contribution in [0.3, 0.4) is 0 Å². The first-order chi connectivity index (χ1) is 13.5. The van der Waals surface area contributed by atoms with Gasteiger partial charge in [0.05, 0.1) is 24.9 Å². The molecule has 28 heavy (non-hydrogen) atoms. The van der Waals surface area contributed by atoms with Crippen LogP contribution in [0.4, 0.5) is 5.69 Å². The van der Waals surface area contributed by atoms with Gasteiger partial charge in [-0.25, -0.2) is 4.79 Å². The predicted octanol–water partition coefficient (Wildman–Crippen LogP) is 4.62. The Balaban J connectivity index is 2.12. The lowest BCUT2D eigenvalue weighted by atomic mass is 10.0. The number of hydrogen-bond acceptors (Lipinski definition) is 4. The third kappa shape index (κ3) is 3.66. The summed E-state index contributed by atoms with van der Waals surface area (Å²) >= 11 is 6.25. The van der Waals surface area contributed by atoms with Crippen molar-refractivity contribution in [1.29, 1.82) is 0 Å². The zero-order valence-electron chi connectivity index (χ0n) is 15.9. The van der Waals surface area contributed by atoms with Crippen LogP contribution in [0.15, 0.2) is 65.4 Å². The van der Waals surface area contributed by atoms with Crippen molar-refractivity contribution in [3.8, 4) is 5.75 Å². The Morgan fingerprint density at radius 2 is 1.82 bits per heavy atom. The molecule has 1 amide bonds. The largest absolute Gasteiger partial charge is 0.497 e. The summed E-state index contributed by atoms with van der Waals surface area (Å²) in [7, 11) is 1.57. The van der Waals surface area contributed by atoms with Crippen molar-refractivity contribution in [2.24, 2.45) is 0 Å². The second-order valence-electron chi connectivity index (χ2n) is 6.10. The van der Waals surface area contributed by atoms with E-state index >= 15 is 0 Å². The summed E-state index contributed by atoms with van der Waals surface area (Å²) in [6.07, 6.45) is 1.63. The average molecular weight is 398 g/mol. The van der Waals surface area contributed by atoms with Crippen LogP contribution in [0.1, 0.15) is 19.4 Å². The highest BCUT2D eigenvalue weighted by molar-refractivity contribution is 6.32. The van der Waals surface area contributed by atoms with Gasteiger partial charge in [0.15, 0.2) is 0 Å². The number of carbonyl (C=O) groups excluding carboxylic acids is 2. The maximum Gasteiger partial charge on any atom is 0.340 e. The standard InChI is InChI=1S/C22H20ClNO4/c1-4-28-22(26)20-14(2)24(16-9-11-17(27-3)12-10-16)21(25)18(20)13-15-7-5-6-8-19(15)23/h5-13H,4H2,1-3H3/b18-13-. The lowest BCUT2D eigenvalue weighted by Gasteiger charge is -2.18. The van der Waals surface area contributed by atoms with Gasteiger partial charge < -0.3 is 9.47 Å². The molecule has 0 spiro atoms. The molecular weight excluding hydrogens is 378 g/mol. The normalized spacial score (nSPS) is 15.4. The van der Waals surface area contributed by atoms with Gasteiger partial charge in [0.1, 0.15) is 5.75 Å². The predicted molar refractivity (Wildman–Crippen MR) is 109 cm³/mol. The molecule has 5 nitrogen and oxygen atoms in total. The quantitative estimate of drug-likeness (QED) is 0.545. The molecule has 2 aromatic rings. The van der Waals surface area contributed by atoms with Crippen LogP contribution in [-0.4, -0.2) is 25.6 Å². The number of anilines is 1. The third-order valence-corrected chi connectivity index (χ3v) is 4.76. The Kier molecular flexibility index (Phi) is 5.85. The first-order valence-electron chi connectivity index (χ1n) is 8.81. The van der Waals surface area contributed by atoms with Gasteiger partial charge in [-0.15, -0.1) is 0 Å². The van der Waals surface area contributed by atoms with Crippen molar-refractivity contribution in [3.05, 3.63) is 76.0 Å². The van der Waals surface area contributed by atoms with Gasteiger partial charge in [0.25, 0.3) is 5.91 Å². The monoisotopic (exact) mass is 397 g/mol. The van der Waals surface area contributed by atoms with Crippen molar-refractivity contribution in [3.63, 3.8) is 0 Å². The molecule has 0 radical (unpaired) electrons. The Morgan fingerprint density at radius 1 is 1.14 bits per heavy atom. The first kappa shape index (κ1) is 19.7. The highest BCUT2D eigenvalue weighted by atomic mass is 35.5. The van der Waals surface area contributed by atoms with Gasteiger partial charge in [0.2, 0.25) is 0 Å². The van der Waals surface area contributed by atoms with Gasteiger partial charge in [0, 0.05) is 16.4 Å². The van der Waals surface area contributed by atoms with Crippen LogP contribution < -0.4 is 9.64 Å². The van der Waals surface area contributed by atoms with Crippen molar-refractivity contribution in [2.75, 3.05) is 18.6 Å². The Labute approximate surface area is 168 Å². The molecule has 3 rings (SSSR count). The fraction of sp³-hybridized carbons (Fsp3) is 0.182. The van der Waals surface area contributed by atoms with Crippen LogP contribution >= 0.6 is 11.6 Å². The first-order valence-corrected chi connectivity index (χ1v) is 9.18. The van der Waals surface area contributed by atoms with E-state index in [4.69, 9.17) is 21.1 Å². The minimum Gasteiger partial charge on any atom is -0.497 e. The summed E-state index contributed by atoms with van der Waals surface area (Å²) < 4.78 is 10.4. The minimum atomic E-state index is -0.539. The van der Waals surface area contributed by atoms with E-state index in [1.54, 1.807) is 69.5 Å². The molecule has 0 fully saturated rings. The Hall–Kier alpha value is -3.05. The number of halogens is 1. The summed E-state index contributed by atoms with van der Waals surface area (Å²) in [5, 5.41) is 0.492. The Morgan fingerprint density at radius 3 is 2.43 bits per heavy atom. The molecule has 1 aliphatic rings. The zero-order valence-corrected chi connectivity index (χ0v) is 16.6. The number of methoxy groups -OCH3 is 1. The molecule has 1 heterocycles. The number of nitrogens with zero attached hydrogens (tertiary/aromatic N) is 1. The summed E-state index contributed by atoms with van der Waals surface area (Å²) in [4.78, 5) is 27.3. The van der Waals surface area contributed by atoms with Crippen LogP contribution in [0.5, 0.6) is 5.75 Å². The number of hydrogen-bond donors (Lipinski definition) is 0. The van der Waals surface area contributed by atoms with E-state index in [0.717, 1.165) is 0 Å². The van der Waals surface area contributed by atoms with E-state index in [-0.39, 0.29) is 23.7 Å². The molecule has 0 unspecified atom stereocenters. The molecule has 0 N–H and O–H groups in total. The summed E-state index contributed by atoms with van der Waals surface area (Å²) in [5.41, 5.74) is 2.28. The SMILES string of the molecule is CCOC(=O)C1=C(C)N(c2ccc(OC)cc2)C(=O)/C1=C\c1ccccc1Cl. The second-order valence-corrected chi connectivity index (χ2v) is 6.51. The molecule has 0 bridgehead atoms. The molecule has 1 aliphatic heterocycles. The third-order valence-electron chi connectivity index (χ3n) is 4.42. The molecule has 0 atom stereocenters. The van der Waals surface area contributed by atoms with Crippen LogP contribution in [0, 0.1) is 0 Å². The molecule has 0 saturated carbocycles. The summed E-state index contributed by atoms with van der Waals surface area (Å²) in [5.74, 6) is -0.178. The molecule has 144 valence electrons. The van der Waals surface area contributed by atoms with Gasteiger partial charge in [-0.1, -0.05) is 29.8 Å². The maximum atomic E-state index is 13.2. The van der Waals surface area contributed by atoms with Gasteiger partial charge in [-0.3, -0.25) is 9.69 Å². The van der Waals surface area contributed by atoms with E-state index in [0.29, 0.717) is 27.7 Å². The fourth-order valence-electron chi connectivity index (χ4n) is 3.07. The number of amides is 1. The van der Waals surface area contributed by atoms with Crippen molar-refractivity contribution >= 4 is 35.2 Å². The second kappa shape index (κ2) is 8.31. The molecule has 0 saturated heterocycles. The summed E-state index contributed by atoms with van der Waals surface area (Å²) in [6, 6.07) is 14.2. The number of rotatable bonds is 5. The van der Waals surface area contributed by atoms with Crippen molar-refractivity contribution < 1.29 is 19.1 Å².